The van der Waals surface area contributed by atoms with Crippen LogP contribution in [0.1, 0.15) is 17.8 Å². The molecule has 2 heterocycles. The molecular weight excluding hydrogens is 431 g/mol. The molecule has 3 aromatic rings. The molecule has 0 saturated carbocycles. The number of alkyl halides is 3. The van der Waals surface area contributed by atoms with Crippen molar-refractivity contribution in [1.82, 2.24) is 13.9 Å². The maximum atomic E-state index is 13.6. The number of ether oxygens (including phenoxy) is 1. The van der Waals surface area contributed by atoms with Crippen molar-refractivity contribution in [2.75, 3.05) is 0 Å². The molecule has 0 N–H and O–H groups in total. The lowest BCUT2D eigenvalue weighted by atomic mass is 10.0. The number of nitrogens with zero attached hydrogens (tertiary/aromatic N) is 3. The third-order valence-corrected chi connectivity index (χ3v) is 7.12. The minimum Gasteiger partial charge on any atom is -0.404 e. The van der Waals surface area contributed by atoms with Gasteiger partial charge in [0.15, 0.2) is 0 Å². The number of hydrogen-bond donors (Lipinski definition) is 0. The van der Waals surface area contributed by atoms with Crippen LogP contribution in [0.4, 0.5) is 13.2 Å². The van der Waals surface area contributed by atoms with Gasteiger partial charge in [0.25, 0.3) is 0 Å². The fourth-order valence-corrected chi connectivity index (χ4v) is 5.49. The summed E-state index contributed by atoms with van der Waals surface area (Å²) in [4.78, 5) is 3.72. The predicted octanol–water partition coefficient (Wildman–Crippen LogP) is 3.99. The van der Waals surface area contributed by atoms with Crippen molar-refractivity contribution in [2.45, 2.75) is 43.2 Å². The van der Waals surface area contributed by atoms with Crippen LogP contribution in [0.5, 0.6) is 5.75 Å². The average Bonchev–Trinajstić information content (AvgIpc) is 3.09. The SMILES string of the molecule is O=S(=O)(c1ccccc1OC(F)(F)F)N1Cc2nccn2CC[C@H]1Cc1ccccc1. The van der Waals surface area contributed by atoms with E-state index in [0.717, 1.165) is 17.7 Å². The Hall–Kier alpha value is -2.85. The Morgan fingerprint density at radius 1 is 1.06 bits per heavy atom. The summed E-state index contributed by atoms with van der Waals surface area (Å²) in [6.45, 7) is 0.507. The lowest BCUT2D eigenvalue weighted by molar-refractivity contribution is -0.275. The number of benzene rings is 2. The molecule has 10 heteroatoms. The van der Waals surface area contributed by atoms with E-state index in [1.54, 1.807) is 12.4 Å². The number of aryl methyl sites for hydroxylation is 1. The van der Waals surface area contributed by atoms with Crippen LogP contribution in [0.3, 0.4) is 0 Å². The minimum absolute atomic E-state index is 0.0484. The van der Waals surface area contributed by atoms with E-state index < -0.39 is 33.1 Å². The van der Waals surface area contributed by atoms with Crippen LogP contribution in [0, 0.1) is 0 Å². The van der Waals surface area contributed by atoms with Crippen LogP contribution < -0.4 is 4.74 Å². The van der Waals surface area contributed by atoms with Crippen LogP contribution >= 0.6 is 0 Å². The summed E-state index contributed by atoms with van der Waals surface area (Å²) >= 11 is 0. The maximum Gasteiger partial charge on any atom is 0.573 e. The van der Waals surface area contributed by atoms with Gasteiger partial charge < -0.3 is 9.30 Å². The van der Waals surface area contributed by atoms with Gasteiger partial charge in [0.05, 0.1) is 6.54 Å². The molecule has 6 nitrogen and oxygen atoms in total. The number of imidazole rings is 1. The van der Waals surface area contributed by atoms with Crippen LogP contribution in [0.2, 0.25) is 0 Å². The van der Waals surface area contributed by atoms with Gasteiger partial charge in [-0.3, -0.25) is 0 Å². The minimum atomic E-state index is -5.01. The molecule has 0 radical (unpaired) electrons. The van der Waals surface area contributed by atoms with E-state index in [-0.39, 0.29) is 6.54 Å². The summed E-state index contributed by atoms with van der Waals surface area (Å²) in [6, 6.07) is 13.7. The van der Waals surface area contributed by atoms with Crippen LogP contribution in [-0.4, -0.2) is 34.7 Å². The first-order chi connectivity index (χ1) is 14.7. The number of rotatable bonds is 5. The van der Waals surface area contributed by atoms with Crippen molar-refractivity contribution in [1.29, 1.82) is 0 Å². The third-order valence-electron chi connectivity index (χ3n) is 5.19. The lowest BCUT2D eigenvalue weighted by Crippen LogP contribution is -2.40. The number of para-hydroxylation sites is 1. The summed E-state index contributed by atoms with van der Waals surface area (Å²) in [5.74, 6) is -0.214. The van der Waals surface area contributed by atoms with Gasteiger partial charge >= 0.3 is 6.36 Å². The molecule has 1 aromatic heterocycles. The Morgan fingerprint density at radius 2 is 1.77 bits per heavy atom. The Labute approximate surface area is 177 Å². The monoisotopic (exact) mass is 451 g/mol. The molecule has 0 fully saturated rings. The quantitative estimate of drug-likeness (QED) is 0.589. The number of aromatic nitrogens is 2. The Bertz CT molecular complexity index is 1150. The molecule has 1 atom stereocenters. The van der Waals surface area contributed by atoms with Crippen molar-refractivity contribution in [3.8, 4) is 5.75 Å². The molecule has 0 aliphatic carbocycles. The molecule has 0 unspecified atom stereocenters. The fourth-order valence-electron chi connectivity index (χ4n) is 3.77. The number of halogens is 3. The summed E-state index contributed by atoms with van der Waals surface area (Å²) in [5, 5.41) is 0. The number of fused-ring (bicyclic) bond motifs is 1. The van der Waals surface area contributed by atoms with Crippen LogP contribution in [0.25, 0.3) is 0 Å². The highest BCUT2D eigenvalue weighted by molar-refractivity contribution is 7.89. The molecule has 0 spiro atoms. The van der Waals surface area contributed by atoms with Crippen molar-refractivity contribution < 1.29 is 26.3 Å². The standard InChI is InChI=1S/C21H20F3N3O3S/c22-21(23,24)30-18-8-4-5-9-19(18)31(28,29)27-15-20-25-11-13-26(20)12-10-17(27)14-16-6-2-1-3-7-16/h1-9,11,13,17H,10,12,14-15H2/t17-/m0/s1. The fraction of sp³-hybridized carbons (Fsp3) is 0.286. The van der Waals surface area contributed by atoms with Crippen molar-refractivity contribution >= 4 is 10.0 Å². The molecule has 0 bridgehead atoms. The van der Waals surface area contributed by atoms with Gasteiger partial charge in [-0.05, 0) is 30.5 Å². The molecule has 2 aromatic carbocycles. The summed E-state index contributed by atoms with van der Waals surface area (Å²) in [7, 11) is -4.32. The van der Waals surface area contributed by atoms with E-state index >= 15 is 0 Å². The van der Waals surface area contributed by atoms with Crippen LogP contribution in [-0.2, 0) is 29.5 Å². The lowest BCUT2D eigenvalue weighted by Gasteiger charge is -2.29. The second-order valence-corrected chi connectivity index (χ2v) is 9.07. The van der Waals surface area contributed by atoms with Crippen LogP contribution in [0.15, 0.2) is 71.9 Å². The van der Waals surface area contributed by atoms with E-state index in [0.29, 0.717) is 25.2 Å². The number of hydrogen-bond acceptors (Lipinski definition) is 4. The van der Waals surface area contributed by atoms with Gasteiger partial charge in [-0.1, -0.05) is 42.5 Å². The second kappa shape index (κ2) is 8.35. The van der Waals surface area contributed by atoms with Gasteiger partial charge in [-0.15, -0.1) is 13.2 Å². The Kier molecular flexibility index (Phi) is 5.76. The Balaban J connectivity index is 1.75. The highest BCUT2D eigenvalue weighted by Crippen LogP contribution is 2.34. The second-order valence-electron chi connectivity index (χ2n) is 7.21. The molecular formula is C21H20F3N3O3S. The molecule has 164 valence electrons. The van der Waals surface area contributed by atoms with Gasteiger partial charge in [-0.25, -0.2) is 13.4 Å². The van der Waals surface area contributed by atoms with E-state index in [9.17, 15) is 21.6 Å². The largest absolute Gasteiger partial charge is 0.573 e. The zero-order valence-corrected chi connectivity index (χ0v) is 17.2. The third kappa shape index (κ3) is 4.75. The summed E-state index contributed by atoms with van der Waals surface area (Å²) < 4.78 is 73.0. The molecule has 0 saturated heterocycles. The summed E-state index contributed by atoms with van der Waals surface area (Å²) in [6.07, 6.45) is -0.749. The smallest absolute Gasteiger partial charge is 0.404 e. The van der Waals surface area contributed by atoms with Gasteiger partial charge in [0.2, 0.25) is 10.0 Å². The first-order valence-electron chi connectivity index (χ1n) is 9.64. The molecule has 1 aliphatic heterocycles. The van der Waals surface area contributed by atoms with E-state index in [1.165, 1.54) is 16.4 Å². The van der Waals surface area contributed by atoms with Crippen molar-refractivity contribution in [3.05, 3.63) is 78.4 Å². The number of sulfonamides is 1. The van der Waals surface area contributed by atoms with Crippen molar-refractivity contribution in [3.63, 3.8) is 0 Å². The predicted molar refractivity (Wildman–Crippen MR) is 107 cm³/mol. The molecule has 1 aliphatic rings. The maximum absolute atomic E-state index is 13.6. The van der Waals surface area contributed by atoms with Gasteiger partial charge in [-0.2, -0.15) is 4.31 Å². The highest BCUT2D eigenvalue weighted by atomic mass is 32.2. The molecule has 31 heavy (non-hydrogen) atoms. The normalized spacial score (nSPS) is 17.7. The van der Waals surface area contributed by atoms with Crippen molar-refractivity contribution in [2.24, 2.45) is 0 Å². The first-order valence-corrected chi connectivity index (χ1v) is 11.1. The van der Waals surface area contributed by atoms with E-state index in [1.807, 2.05) is 34.9 Å². The van der Waals surface area contributed by atoms with Gasteiger partial charge in [0, 0.05) is 25.0 Å². The van der Waals surface area contributed by atoms with Gasteiger partial charge in [0.1, 0.15) is 16.5 Å². The molecule has 4 rings (SSSR count). The first kappa shape index (κ1) is 21.4. The highest BCUT2D eigenvalue weighted by Gasteiger charge is 2.39. The summed E-state index contributed by atoms with van der Waals surface area (Å²) in [5.41, 5.74) is 0.937. The zero-order valence-electron chi connectivity index (χ0n) is 16.4. The average molecular weight is 451 g/mol. The van der Waals surface area contributed by atoms with E-state index in [4.69, 9.17) is 0 Å². The zero-order chi connectivity index (χ0) is 22.1. The topological polar surface area (TPSA) is 64.4 Å². The van der Waals surface area contributed by atoms with E-state index in [2.05, 4.69) is 9.72 Å². The Morgan fingerprint density at radius 3 is 2.52 bits per heavy atom. The molecule has 0 amide bonds.